The largest absolute Gasteiger partial charge is 0.493 e. The number of carbonyl (C=O) groups is 1. The number of ether oxygens (including phenoxy) is 1. The lowest BCUT2D eigenvalue weighted by Crippen LogP contribution is -2.30. The smallest absolute Gasteiger partial charge is 0.319 e. The quantitative estimate of drug-likeness (QED) is 0.640. The van der Waals surface area contributed by atoms with Crippen molar-refractivity contribution in [1.29, 1.82) is 0 Å². The van der Waals surface area contributed by atoms with Crippen molar-refractivity contribution in [3.63, 3.8) is 0 Å². The van der Waals surface area contributed by atoms with E-state index in [0.29, 0.717) is 13.2 Å². The van der Waals surface area contributed by atoms with E-state index in [1.54, 1.807) is 0 Å². The summed E-state index contributed by atoms with van der Waals surface area (Å²) in [6.45, 7) is 3.15. The summed E-state index contributed by atoms with van der Waals surface area (Å²) in [5, 5.41) is 7.97. The molecule has 0 aliphatic rings. The van der Waals surface area contributed by atoms with Crippen molar-refractivity contribution >= 4 is 22.5 Å². The van der Waals surface area contributed by atoms with Crippen LogP contribution in [0.1, 0.15) is 12.0 Å². The molecule has 2 amide bonds. The van der Waals surface area contributed by atoms with Crippen LogP contribution in [-0.4, -0.2) is 19.2 Å². The molecule has 128 valence electrons. The fourth-order valence-corrected chi connectivity index (χ4v) is 2.62. The van der Waals surface area contributed by atoms with Crippen LogP contribution in [0.3, 0.4) is 0 Å². The molecule has 0 aliphatic heterocycles. The van der Waals surface area contributed by atoms with Gasteiger partial charge < -0.3 is 15.4 Å². The summed E-state index contributed by atoms with van der Waals surface area (Å²) in [5.74, 6) is 0.892. The van der Waals surface area contributed by atoms with E-state index >= 15 is 0 Å². The van der Waals surface area contributed by atoms with E-state index in [1.165, 1.54) is 0 Å². The molecular formula is C21H22N2O2. The van der Waals surface area contributed by atoms with Gasteiger partial charge in [0.25, 0.3) is 0 Å². The Hall–Kier alpha value is -3.01. The maximum atomic E-state index is 12.0. The Balaban J connectivity index is 1.41. The first kappa shape index (κ1) is 16.8. The minimum atomic E-state index is -0.203. The molecule has 3 rings (SSSR count). The number of hydrogen-bond donors (Lipinski definition) is 2. The van der Waals surface area contributed by atoms with E-state index in [1.807, 2.05) is 73.7 Å². The topological polar surface area (TPSA) is 50.4 Å². The summed E-state index contributed by atoms with van der Waals surface area (Å²) in [7, 11) is 0. The van der Waals surface area contributed by atoms with Crippen LogP contribution in [-0.2, 0) is 0 Å². The Labute approximate surface area is 147 Å². The van der Waals surface area contributed by atoms with E-state index in [2.05, 4.69) is 10.6 Å². The summed E-state index contributed by atoms with van der Waals surface area (Å²) in [6, 6.07) is 21.7. The van der Waals surface area contributed by atoms with Crippen molar-refractivity contribution in [1.82, 2.24) is 5.32 Å². The van der Waals surface area contributed by atoms with Gasteiger partial charge in [-0.15, -0.1) is 0 Å². The van der Waals surface area contributed by atoms with Crippen molar-refractivity contribution in [2.45, 2.75) is 13.3 Å². The summed E-state index contributed by atoms with van der Waals surface area (Å²) >= 11 is 0. The molecule has 0 spiro atoms. The average Bonchev–Trinajstić information content (AvgIpc) is 2.63. The fraction of sp³-hybridized carbons (Fsp3) is 0.190. The predicted octanol–water partition coefficient (Wildman–Crippen LogP) is 4.74. The number of rotatable bonds is 6. The fourth-order valence-electron chi connectivity index (χ4n) is 2.62. The van der Waals surface area contributed by atoms with Crippen LogP contribution in [0.15, 0.2) is 66.7 Å². The third-order valence-electron chi connectivity index (χ3n) is 3.97. The van der Waals surface area contributed by atoms with Crippen LogP contribution in [0.5, 0.6) is 5.75 Å². The van der Waals surface area contributed by atoms with E-state index in [4.69, 9.17) is 4.74 Å². The number of anilines is 1. The number of para-hydroxylation sites is 1. The predicted molar refractivity (Wildman–Crippen MR) is 102 cm³/mol. The Morgan fingerprint density at radius 1 is 0.960 bits per heavy atom. The number of benzene rings is 3. The first-order valence-electron chi connectivity index (χ1n) is 8.44. The molecule has 0 fully saturated rings. The molecule has 0 saturated carbocycles. The Kier molecular flexibility index (Phi) is 5.52. The minimum absolute atomic E-state index is 0.203. The highest BCUT2D eigenvalue weighted by Crippen LogP contribution is 2.18. The molecule has 0 heterocycles. The second kappa shape index (κ2) is 8.20. The van der Waals surface area contributed by atoms with Crippen molar-refractivity contribution in [3.8, 4) is 5.75 Å². The van der Waals surface area contributed by atoms with Crippen LogP contribution in [0, 0.1) is 6.92 Å². The van der Waals surface area contributed by atoms with Gasteiger partial charge in [0.1, 0.15) is 5.75 Å². The lowest BCUT2D eigenvalue weighted by atomic mass is 10.1. The Morgan fingerprint density at radius 3 is 2.56 bits per heavy atom. The van der Waals surface area contributed by atoms with Crippen LogP contribution in [0.4, 0.5) is 10.5 Å². The third-order valence-corrected chi connectivity index (χ3v) is 3.97. The van der Waals surface area contributed by atoms with E-state index in [9.17, 15) is 4.79 Å². The van der Waals surface area contributed by atoms with Crippen molar-refractivity contribution in [2.24, 2.45) is 0 Å². The van der Waals surface area contributed by atoms with Crippen LogP contribution in [0.2, 0.25) is 0 Å². The highest BCUT2D eigenvalue weighted by atomic mass is 16.5. The summed E-state index contributed by atoms with van der Waals surface area (Å²) in [6.07, 6.45) is 0.749. The molecule has 0 atom stereocenters. The van der Waals surface area contributed by atoms with Gasteiger partial charge >= 0.3 is 6.03 Å². The maximum absolute atomic E-state index is 12.0. The number of carbonyl (C=O) groups excluding carboxylic acids is 1. The van der Waals surface area contributed by atoms with Gasteiger partial charge in [0.2, 0.25) is 0 Å². The molecule has 3 aromatic rings. The van der Waals surface area contributed by atoms with Crippen molar-refractivity contribution in [3.05, 3.63) is 72.3 Å². The standard InChI is InChI=1S/C21H22N2O2/c1-16-7-2-5-10-20(16)25-14-6-13-22-21(24)23-19-12-11-17-8-3-4-9-18(17)15-19/h2-5,7-12,15H,6,13-14H2,1H3,(H2,22,23,24). The molecule has 3 aromatic carbocycles. The van der Waals surface area contributed by atoms with Gasteiger partial charge in [-0.2, -0.15) is 0 Å². The molecule has 0 saturated heterocycles. The number of urea groups is 1. The first-order chi connectivity index (χ1) is 12.2. The molecule has 0 bridgehead atoms. The molecule has 2 N–H and O–H groups in total. The van der Waals surface area contributed by atoms with Crippen molar-refractivity contribution in [2.75, 3.05) is 18.5 Å². The number of hydrogen-bond acceptors (Lipinski definition) is 2. The zero-order valence-corrected chi connectivity index (χ0v) is 14.3. The highest BCUT2D eigenvalue weighted by molar-refractivity contribution is 5.93. The number of nitrogens with one attached hydrogen (secondary N) is 2. The van der Waals surface area contributed by atoms with E-state index in [0.717, 1.165) is 34.2 Å². The van der Waals surface area contributed by atoms with Crippen molar-refractivity contribution < 1.29 is 9.53 Å². The summed E-state index contributed by atoms with van der Waals surface area (Å²) in [4.78, 5) is 12.0. The molecule has 25 heavy (non-hydrogen) atoms. The third kappa shape index (κ3) is 4.73. The average molecular weight is 334 g/mol. The molecular weight excluding hydrogens is 312 g/mol. The minimum Gasteiger partial charge on any atom is -0.493 e. The molecule has 4 nitrogen and oxygen atoms in total. The van der Waals surface area contributed by atoms with Crippen LogP contribution in [0.25, 0.3) is 10.8 Å². The number of fused-ring (bicyclic) bond motifs is 1. The van der Waals surface area contributed by atoms with Gasteiger partial charge in [0.05, 0.1) is 6.61 Å². The second-order valence-electron chi connectivity index (χ2n) is 5.91. The zero-order chi connectivity index (χ0) is 17.5. The summed E-state index contributed by atoms with van der Waals surface area (Å²) < 4.78 is 5.71. The SMILES string of the molecule is Cc1ccccc1OCCCNC(=O)Nc1ccc2ccccc2c1. The van der Waals surface area contributed by atoms with Crippen LogP contribution >= 0.6 is 0 Å². The Morgan fingerprint density at radius 2 is 1.72 bits per heavy atom. The van der Waals surface area contributed by atoms with E-state index in [-0.39, 0.29) is 6.03 Å². The lowest BCUT2D eigenvalue weighted by molar-refractivity contribution is 0.250. The summed E-state index contributed by atoms with van der Waals surface area (Å²) in [5.41, 5.74) is 1.90. The van der Waals surface area contributed by atoms with Gasteiger partial charge in [-0.3, -0.25) is 0 Å². The zero-order valence-electron chi connectivity index (χ0n) is 14.3. The normalized spacial score (nSPS) is 10.4. The van der Waals surface area contributed by atoms with Crippen LogP contribution < -0.4 is 15.4 Å². The van der Waals surface area contributed by atoms with Gasteiger partial charge in [-0.05, 0) is 47.9 Å². The van der Waals surface area contributed by atoms with Gasteiger partial charge in [-0.1, -0.05) is 48.5 Å². The molecule has 0 aliphatic carbocycles. The Bertz CT molecular complexity index is 861. The lowest BCUT2D eigenvalue weighted by Gasteiger charge is -2.10. The molecule has 0 unspecified atom stereocenters. The second-order valence-corrected chi connectivity index (χ2v) is 5.91. The first-order valence-corrected chi connectivity index (χ1v) is 8.44. The van der Waals surface area contributed by atoms with Gasteiger partial charge in [-0.25, -0.2) is 4.79 Å². The van der Waals surface area contributed by atoms with Gasteiger partial charge in [0, 0.05) is 12.2 Å². The van der Waals surface area contributed by atoms with Gasteiger partial charge in [0.15, 0.2) is 0 Å². The molecule has 4 heteroatoms. The monoisotopic (exact) mass is 334 g/mol. The molecule has 0 radical (unpaired) electrons. The van der Waals surface area contributed by atoms with E-state index < -0.39 is 0 Å². The number of aryl methyl sites for hydroxylation is 1. The highest BCUT2D eigenvalue weighted by Gasteiger charge is 2.02. The maximum Gasteiger partial charge on any atom is 0.319 e. The number of amides is 2. The molecule has 0 aromatic heterocycles.